The number of rotatable bonds is 3. The Bertz CT molecular complexity index is 698. The standard InChI is InChI=1S/C17H18ClNO2S/c1-11-9-12-10-19(8-7-15(12)22-11)16(17(20)21-2)13-5-3-4-6-14(13)18/h3-6,9,16H,7-8,10H2,1-2H3. The highest BCUT2D eigenvalue weighted by atomic mass is 35.5. The van der Waals surface area contributed by atoms with Crippen LogP contribution in [0.2, 0.25) is 5.02 Å². The average Bonchev–Trinajstić information content (AvgIpc) is 2.88. The van der Waals surface area contributed by atoms with Crippen LogP contribution in [0, 0.1) is 6.92 Å². The highest BCUT2D eigenvalue weighted by molar-refractivity contribution is 7.12. The molecule has 0 aliphatic carbocycles. The minimum atomic E-state index is -0.452. The SMILES string of the molecule is COC(=O)C(c1ccccc1Cl)N1CCc2sc(C)cc2C1. The summed E-state index contributed by atoms with van der Waals surface area (Å²) in [5, 5.41) is 0.602. The molecule has 116 valence electrons. The zero-order chi connectivity index (χ0) is 15.7. The maximum absolute atomic E-state index is 12.4. The van der Waals surface area contributed by atoms with Gasteiger partial charge in [-0.15, -0.1) is 11.3 Å². The molecule has 1 aliphatic heterocycles. The number of thiophene rings is 1. The molecule has 2 heterocycles. The van der Waals surface area contributed by atoms with E-state index >= 15 is 0 Å². The summed E-state index contributed by atoms with van der Waals surface area (Å²) in [6.07, 6.45) is 0.964. The maximum Gasteiger partial charge on any atom is 0.327 e. The first-order chi connectivity index (χ1) is 10.6. The van der Waals surface area contributed by atoms with Crippen molar-refractivity contribution >= 4 is 28.9 Å². The molecule has 3 rings (SSSR count). The lowest BCUT2D eigenvalue weighted by atomic mass is 10.0. The molecule has 0 bridgehead atoms. The molecule has 1 aliphatic rings. The van der Waals surface area contributed by atoms with Gasteiger partial charge < -0.3 is 4.74 Å². The van der Waals surface area contributed by atoms with Gasteiger partial charge in [-0.05, 0) is 36.6 Å². The number of carbonyl (C=O) groups is 1. The van der Waals surface area contributed by atoms with E-state index in [1.165, 1.54) is 22.4 Å². The molecular formula is C17H18ClNO2S. The first-order valence-electron chi connectivity index (χ1n) is 7.24. The van der Waals surface area contributed by atoms with Gasteiger partial charge in [-0.2, -0.15) is 0 Å². The van der Waals surface area contributed by atoms with Gasteiger partial charge in [0.05, 0.1) is 7.11 Å². The molecule has 3 nitrogen and oxygen atoms in total. The minimum Gasteiger partial charge on any atom is -0.468 e. The Morgan fingerprint density at radius 3 is 2.91 bits per heavy atom. The lowest BCUT2D eigenvalue weighted by Gasteiger charge is -2.33. The Labute approximate surface area is 139 Å². The van der Waals surface area contributed by atoms with E-state index in [1.54, 1.807) is 0 Å². The molecular weight excluding hydrogens is 318 g/mol. The van der Waals surface area contributed by atoms with Crippen LogP contribution in [0.4, 0.5) is 0 Å². The highest BCUT2D eigenvalue weighted by Crippen LogP contribution is 2.34. The smallest absolute Gasteiger partial charge is 0.327 e. The van der Waals surface area contributed by atoms with Crippen molar-refractivity contribution in [2.24, 2.45) is 0 Å². The van der Waals surface area contributed by atoms with Crippen molar-refractivity contribution in [1.82, 2.24) is 4.90 Å². The topological polar surface area (TPSA) is 29.5 Å². The number of methoxy groups -OCH3 is 1. The third kappa shape index (κ3) is 2.91. The first-order valence-corrected chi connectivity index (χ1v) is 8.44. The number of aryl methyl sites for hydroxylation is 1. The van der Waals surface area contributed by atoms with Crippen molar-refractivity contribution in [1.29, 1.82) is 0 Å². The van der Waals surface area contributed by atoms with Crippen LogP contribution in [0.25, 0.3) is 0 Å². The number of ether oxygens (including phenoxy) is 1. The number of hydrogen-bond acceptors (Lipinski definition) is 4. The van der Waals surface area contributed by atoms with Crippen LogP contribution in [0.1, 0.15) is 26.9 Å². The van der Waals surface area contributed by atoms with Crippen LogP contribution in [-0.4, -0.2) is 24.5 Å². The second-order valence-electron chi connectivity index (χ2n) is 5.47. The van der Waals surface area contributed by atoms with E-state index in [-0.39, 0.29) is 5.97 Å². The van der Waals surface area contributed by atoms with Crippen LogP contribution in [0.15, 0.2) is 30.3 Å². The summed E-state index contributed by atoms with van der Waals surface area (Å²) in [6.45, 7) is 3.71. The number of hydrogen-bond donors (Lipinski definition) is 0. The van der Waals surface area contributed by atoms with E-state index < -0.39 is 6.04 Å². The number of nitrogens with zero attached hydrogens (tertiary/aromatic N) is 1. The monoisotopic (exact) mass is 335 g/mol. The first kappa shape index (κ1) is 15.5. The number of fused-ring (bicyclic) bond motifs is 1. The van der Waals surface area contributed by atoms with E-state index in [4.69, 9.17) is 16.3 Å². The fourth-order valence-corrected chi connectivity index (χ4v) is 4.28. The Kier molecular flexibility index (Phi) is 4.52. The molecule has 5 heteroatoms. The predicted octanol–water partition coefficient (Wildman–Crippen LogP) is 3.98. The van der Waals surface area contributed by atoms with Gasteiger partial charge in [0.25, 0.3) is 0 Å². The molecule has 0 N–H and O–H groups in total. The van der Waals surface area contributed by atoms with E-state index in [2.05, 4.69) is 17.9 Å². The average molecular weight is 336 g/mol. The summed E-state index contributed by atoms with van der Waals surface area (Å²) in [6, 6.07) is 9.26. The molecule has 2 aromatic rings. The zero-order valence-corrected chi connectivity index (χ0v) is 14.2. The fourth-order valence-electron chi connectivity index (χ4n) is 3.01. The summed E-state index contributed by atoms with van der Waals surface area (Å²) in [7, 11) is 1.43. The quantitative estimate of drug-likeness (QED) is 0.794. The van der Waals surface area contributed by atoms with Gasteiger partial charge in [-0.1, -0.05) is 29.8 Å². The van der Waals surface area contributed by atoms with Crippen LogP contribution < -0.4 is 0 Å². The van der Waals surface area contributed by atoms with Gasteiger partial charge in [-0.3, -0.25) is 4.90 Å². The Balaban J connectivity index is 1.94. The molecule has 22 heavy (non-hydrogen) atoms. The number of esters is 1. The second-order valence-corrected chi connectivity index (χ2v) is 7.22. The summed E-state index contributed by atoms with van der Waals surface area (Å²) >= 11 is 8.16. The molecule has 0 saturated carbocycles. The van der Waals surface area contributed by atoms with Gasteiger partial charge >= 0.3 is 5.97 Å². The van der Waals surface area contributed by atoms with Gasteiger partial charge in [0.2, 0.25) is 0 Å². The normalized spacial score (nSPS) is 16.1. The maximum atomic E-state index is 12.4. The van der Waals surface area contributed by atoms with Crippen molar-refractivity contribution in [3.8, 4) is 0 Å². The molecule has 0 spiro atoms. The molecule has 0 amide bonds. The third-order valence-corrected chi connectivity index (χ3v) is 5.51. The Morgan fingerprint density at radius 2 is 2.18 bits per heavy atom. The van der Waals surface area contributed by atoms with Crippen LogP contribution in [0.5, 0.6) is 0 Å². The summed E-state index contributed by atoms with van der Waals surface area (Å²) in [5.74, 6) is -0.261. The predicted molar refractivity (Wildman–Crippen MR) is 89.4 cm³/mol. The Hall–Kier alpha value is -1.36. The molecule has 1 atom stereocenters. The third-order valence-electron chi connectivity index (χ3n) is 4.01. The number of halogens is 1. The van der Waals surface area contributed by atoms with Crippen LogP contribution in [-0.2, 0) is 22.5 Å². The summed E-state index contributed by atoms with van der Waals surface area (Å²) < 4.78 is 5.03. The number of carbonyl (C=O) groups excluding carboxylic acids is 1. The van der Waals surface area contributed by atoms with Gasteiger partial charge in [0.15, 0.2) is 0 Å². The van der Waals surface area contributed by atoms with Crippen molar-refractivity contribution in [2.45, 2.75) is 25.9 Å². The summed E-state index contributed by atoms with van der Waals surface area (Å²) in [5.41, 5.74) is 2.13. The van der Waals surface area contributed by atoms with Gasteiger partial charge in [0.1, 0.15) is 6.04 Å². The number of benzene rings is 1. The molecule has 1 aromatic heterocycles. The lowest BCUT2D eigenvalue weighted by molar-refractivity contribution is -0.147. The van der Waals surface area contributed by atoms with E-state index in [0.29, 0.717) is 5.02 Å². The fraction of sp³-hybridized carbons (Fsp3) is 0.353. The van der Waals surface area contributed by atoms with E-state index in [9.17, 15) is 4.79 Å². The van der Waals surface area contributed by atoms with Crippen LogP contribution in [0.3, 0.4) is 0 Å². The molecule has 0 saturated heterocycles. The second kappa shape index (κ2) is 6.41. The largest absolute Gasteiger partial charge is 0.468 e. The van der Waals surface area contributed by atoms with Crippen LogP contribution >= 0.6 is 22.9 Å². The molecule has 1 unspecified atom stereocenters. The van der Waals surface area contributed by atoms with Gasteiger partial charge in [-0.25, -0.2) is 4.79 Å². The van der Waals surface area contributed by atoms with Crippen molar-refractivity contribution in [3.05, 3.63) is 56.2 Å². The van der Waals surface area contributed by atoms with Crippen molar-refractivity contribution in [3.63, 3.8) is 0 Å². The lowest BCUT2D eigenvalue weighted by Crippen LogP contribution is -2.38. The van der Waals surface area contributed by atoms with E-state index in [0.717, 1.165) is 25.1 Å². The zero-order valence-electron chi connectivity index (χ0n) is 12.6. The molecule has 1 aromatic carbocycles. The Morgan fingerprint density at radius 1 is 1.41 bits per heavy atom. The van der Waals surface area contributed by atoms with Crippen molar-refractivity contribution in [2.75, 3.05) is 13.7 Å². The van der Waals surface area contributed by atoms with Crippen molar-refractivity contribution < 1.29 is 9.53 Å². The van der Waals surface area contributed by atoms with Gasteiger partial charge in [0, 0.05) is 27.9 Å². The molecule has 0 fully saturated rings. The highest BCUT2D eigenvalue weighted by Gasteiger charge is 2.32. The molecule has 0 radical (unpaired) electrons. The minimum absolute atomic E-state index is 0.261. The van der Waals surface area contributed by atoms with E-state index in [1.807, 2.05) is 35.6 Å². The summed E-state index contributed by atoms with van der Waals surface area (Å²) in [4.78, 5) is 17.3.